The number of methoxy groups -OCH3 is 1. The molecule has 1 aromatic heterocycles. The number of phenols is 1. The highest BCUT2D eigenvalue weighted by Gasteiger charge is 2.34. The molecule has 0 radical (unpaired) electrons. The summed E-state index contributed by atoms with van der Waals surface area (Å²) in [7, 11) is 1.56. The van der Waals surface area contributed by atoms with Gasteiger partial charge < -0.3 is 24.9 Å². The van der Waals surface area contributed by atoms with E-state index in [0.29, 0.717) is 31.1 Å². The lowest BCUT2D eigenvalue weighted by atomic mass is 10.1. The van der Waals surface area contributed by atoms with Crippen LogP contribution in [0.25, 0.3) is 10.9 Å². The molecule has 0 aliphatic rings. The number of benzene rings is 3. The molecule has 0 spiro atoms. The molecule has 0 fully saturated rings. The minimum atomic E-state index is -1.66. The summed E-state index contributed by atoms with van der Waals surface area (Å²) in [6.07, 6.45) is 2.51. The van der Waals surface area contributed by atoms with Crippen LogP contribution in [-0.4, -0.2) is 34.0 Å². The number of phenolic OH excluding ortho intramolecular Hbond substituents is 1. The van der Waals surface area contributed by atoms with Gasteiger partial charge in [0.1, 0.15) is 12.4 Å². The maximum absolute atomic E-state index is 12.7. The van der Waals surface area contributed by atoms with Gasteiger partial charge in [0.25, 0.3) is 5.91 Å². The lowest BCUT2D eigenvalue weighted by molar-refractivity contribution is -0.121. The largest absolute Gasteiger partial charge is 0.508 e. The highest BCUT2D eigenvalue weighted by molar-refractivity contribution is 6.58. The third-order valence-corrected chi connectivity index (χ3v) is 6.26. The Morgan fingerprint density at radius 1 is 1.03 bits per heavy atom. The predicted molar refractivity (Wildman–Crippen MR) is 139 cm³/mol. The van der Waals surface area contributed by atoms with Crippen molar-refractivity contribution in [2.45, 2.75) is 23.8 Å². The van der Waals surface area contributed by atoms with Gasteiger partial charge in [-0.15, -0.1) is 0 Å². The molecule has 1 heterocycles. The number of carbonyl (C=O) groups excluding carboxylic acids is 1. The lowest BCUT2D eigenvalue weighted by Crippen LogP contribution is -2.40. The van der Waals surface area contributed by atoms with Crippen molar-refractivity contribution in [2.75, 3.05) is 13.7 Å². The zero-order valence-corrected chi connectivity index (χ0v) is 20.7. The Labute approximate surface area is 213 Å². The number of halogens is 2. The molecular weight excluding hydrogens is 487 g/mol. The maximum Gasteiger partial charge on any atom is 0.256 e. The number of hydrogen-bond acceptors (Lipinski definition) is 4. The second-order valence-electron chi connectivity index (χ2n) is 8.19. The van der Waals surface area contributed by atoms with E-state index in [1.54, 1.807) is 31.4 Å². The number of alkyl halides is 2. The first kappa shape index (κ1) is 24.8. The molecule has 35 heavy (non-hydrogen) atoms. The van der Waals surface area contributed by atoms with E-state index < -0.39 is 10.2 Å². The van der Waals surface area contributed by atoms with Gasteiger partial charge in [-0.1, -0.05) is 59.6 Å². The molecule has 0 aliphatic heterocycles. The Kier molecular flexibility index (Phi) is 7.73. The first-order valence-electron chi connectivity index (χ1n) is 11.1. The smallest absolute Gasteiger partial charge is 0.256 e. The number of aromatic nitrogens is 1. The van der Waals surface area contributed by atoms with Crippen molar-refractivity contribution < 1.29 is 19.4 Å². The fourth-order valence-electron chi connectivity index (χ4n) is 3.83. The summed E-state index contributed by atoms with van der Waals surface area (Å²) < 4.78 is 9.69. The van der Waals surface area contributed by atoms with Crippen molar-refractivity contribution in [1.29, 1.82) is 0 Å². The number of hydrogen-bond donors (Lipinski definition) is 3. The Balaban J connectivity index is 1.34. The van der Waals surface area contributed by atoms with E-state index in [4.69, 9.17) is 32.7 Å². The van der Waals surface area contributed by atoms with E-state index in [9.17, 15) is 9.90 Å². The zero-order chi connectivity index (χ0) is 24.8. The molecule has 4 aromatic rings. The summed E-state index contributed by atoms with van der Waals surface area (Å²) in [5, 5.41) is 13.4. The molecule has 3 N–H and O–H groups in total. The molecule has 0 aliphatic carbocycles. The van der Waals surface area contributed by atoms with Crippen LogP contribution >= 0.6 is 23.2 Å². The monoisotopic (exact) mass is 512 g/mol. The molecule has 4 rings (SSSR count). The highest BCUT2D eigenvalue weighted by Crippen LogP contribution is 2.33. The van der Waals surface area contributed by atoms with Crippen LogP contribution in [0.5, 0.6) is 17.2 Å². The van der Waals surface area contributed by atoms with Crippen molar-refractivity contribution in [3.8, 4) is 17.2 Å². The number of ether oxygens (including phenoxy) is 2. The number of nitrogens with one attached hydrogen (secondary N) is 2. The quantitative estimate of drug-likeness (QED) is 0.243. The second-order valence-corrected chi connectivity index (χ2v) is 9.67. The Morgan fingerprint density at radius 3 is 2.60 bits per heavy atom. The van der Waals surface area contributed by atoms with Gasteiger partial charge in [0.15, 0.2) is 15.8 Å². The van der Waals surface area contributed by atoms with Gasteiger partial charge in [-0.05, 0) is 53.4 Å². The van der Waals surface area contributed by atoms with E-state index in [0.717, 1.165) is 27.6 Å². The number of rotatable bonds is 10. The van der Waals surface area contributed by atoms with Crippen LogP contribution in [0.15, 0.2) is 72.9 Å². The average Bonchev–Trinajstić information content (AvgIpc) is 3.25. The Hall–Kier alpha value is -3.35. The van der Waals surface area contributed by atoms with Crippen molar-refractivity contribution in [1.82, 2.24) is 10.3 Å². The summed E-state index contributed by atoms with van der Waals surface area (Å²) in [5.41, 5.74) is 3.67. The standard InChI is InChI=1S/C27H26Cl2N2O4/c1-34-25-13-19(7-10-24(25)35-17-18-5-3-2-4-6-18)15-27(28,29)26(33)30-12-11-20-16-31-23-9-8-21(32)14-22(20)23/h2-10,13-14,16,31-32H,11-12,15,17H2,1H3,(H,30,33). The summed E-state index contributed by atoms with van der Waals surface area (Å²) in [4.78, 5) is 15.9. The van der Waals surface area contributed by atoms with Crippen LogP contribution < -0.4 is 14.8 Å². The van der Waals surface area contributed by atoms with E-state index in [2.05, 4.69) is 10.3 Å². The van der Waals surface area contributed by atoms with Crippen molar-refractivity contribution in [3.63, 3.8) is 0 Å². The lowest BCUT2D eigenvalue weighted by Gasteiger charge is -2.20. The molecule has 0 saturated heterocycles. The summed E-state index contributed by atoms with van der Waals surface area (Å²) in [6.45, 7) is 0.752. The molecule has 0 saturated carbocycles. The van der Waals surface area contributed by atoms with Crippen LogP contribution in [-0.2, 0) is 24.2 Å². The van der Waals surface area contributed by atoms with Gasteiger partial charge in [-0.2, -0.15) is 0 Å². The average molecular weight is 513 g/mol. The molecule has 0 bridgehead atoms. The predicted octanol–water partition coefficient (Wildman–Crippen LogP) is 5.54. The van der Waals surface area contributed by atoms with Crippen LogP contribution in [0.1, 0.15) is 16.7 Å². The van der Waals surface area contributed by atoms with Crippen molar-refractivity contribution >= 4 is 40.0 Å². The van der Waals surface area contributed by atoms with E-state index >= 15 is 0 Å². The van der Waals surface area contributed by atoms with E-state index in [-0.39, 0.29) is 12.2 Å². The van der Waals surface area contributed by atoms with Crippen LogP contribution in [0.3, 0.4) is 0 Å². The second kappa shape index (κ2) is 10.9. The zero-order valence-electron chi connectivity index (χ0n) is 19.2. The normalized spacial score (nSPS) is 11.4. The summed E-state index contributed by atoms with van der Waals surface area (Å²) >= 11 is 12.8. The number of fused-ring (bicyclic) bond motifs is 1. The fourth-order valence-corrected chi connectivity index (χ4v) is 4.27. The summed E-state index contributed by atoms with van der Waals surface area (Å²) in [6, 6.07) is 20.3. The molecule has 3 aromatic carbocycles. The topological polar surface area (TPSA) is 83.6 Å². The summed E-state index contributed by atoms with van der Waals surface area (Å²) in [5.74, 6) is 0.830. The van der Waals surface area contributed by atoms with E-state index in [1.165, 1.54) is 0 Å². The van der Waals surface area contributed by atoms with Crippen LogP contribution in [0, 0.1) is 0 Å². The van der Waals surface area contributed by atoms with Crippen molar-refractivity contribution in [2.24, 2.45) is 0 Å². The van der Waals surface area contributed by atoms with Gasteiger partial charge >= 0.3 is 0 Å². The van der Waals surface area contributed by atoms with Crippen molar-refractivity contribution in [3.05, 3.63) is 89.6 Å². The van der Waals surface area contributed by atoms with Gasteiger partial charge in [0, 0.05) is 30.1 Å². The molecule has 1 amide bonds. The van der Waals surface area contributed by atoms with Crippen LogP contribution in [0.2, 0.25) is 0 Å². The molecule has 0 unspecified atom stereocenters. The SMILES string of the molecule is COc1cc(CC(Cl)(Cl)C(=O)NCCc2c[nH]c3ccc(O)cc23)ccc1OCc1ccccc1. The van der Waals surface area contributed by atoms with E-state index in [1.807, 2.05) is 48.7 Å². The van der Waals surface area contributed by atoms with Gasteiger partial charge in [-0.25, -0.2) is 0 Å². The minimum absolute atomic E-state index is 0.0955. The number of aromatic hydroxyl groups is 1. The van der Waals surface area contributed by atoms with Gasteiger partial charge in [-0.3, -0.25) is 4.79 Å². The minimum Gasteiger partial charge on any atom is -0.508 e. The molecule has 0 atom stereocenters. The molecule has 8 heteroatoms. The number of aromatic amines is 1. The third-order valence-electron chi connectivity index (χ3n) is 5.65. The fraction of sp³-hybridized carbons (Fsp3) is 0.222. The highest BCUT2D eigenvalue weighted by atomic mass is 35.5. The Morgan fingerprint density at radius 2 is 1.83 bits per heavy atom. The number of amides is 1. The number of H-pyrrole nitrogens is 1. The van der Waals surface area contributed by atoms with Gasteiger partial charge in [0.05, 0.1) is 7.11 Å². The first-order chi connectivity index (χ1) is 16.9. The van der Waals surface area contributed by atoms with Gasteiger partial charge in [0.2, 0.25) is 0 Å². The molecular formula is C27H26Cl2N2O4. The molecule has 182 valence electrons. The third kappa shape index (κ3) is 6.21. The molecule has 6 nitrogen and oxygen atoms in total. The number of carbonyl (C=O) groups is 1. The maximum atomic E-state index is 12.7. The Bertz CT molecular complexity index is 1310. The van der Waals surface area contributed by atoms with Crippen LogP contribution in [0.4, 0.5) is 0 Å². The first-order valence-corrected chi connectivity index (χ1v) is 11.9.